The predicted octanol–water partition coefficient (Wildman–Crippen LogP) is 2.92. The molecule has 1 amide bonds. The number of benzene rings is 1. The summed E-state index contributed by atoms with van der Waals surface area (Å²) in [6.07, 6.45) is 1.01. The Labute approximate surface area is 126 Å². The molecule has 0 bridgehead atoms. The summed E-state index contributed by atoms with van der Waals surface area (Å²) in [6.45, 7) is 7.66. The number of amides is 1. The maximum absolute atomic E-state index is 12.3. The van der Waals surface area contributed by atoms with Crippen LogP contribution in [0, 0.1) is 5.92 Å². The zero-order valence-corrected chi connectivity index (χ0v) is 13.5. The molecule has 4 nitrogen and oxygen atoms in total. The molecule has 0 aliphatic heterocycles. The summed E-state index contributed by atoms with van der Waals surface area (Å²) < 4.78 is 0. The molecule has 0 radical (unpaired) electrons. The van der Waals surface area contributed by atoms with Crippen LogP contribution < -0.4 is 0 Å². The number of aliphatic carboxylic acids is 1. The molecule has 0 saturated heterocycles. The number of carbonyl (C=O) groups is 2. The van der Waals surface area contributed by atoms with E-state index in [1.54, 1.807) is 0 Å². The summed E-state index contributed by atoms with van der Waals surface area (Å²) in [5.41, 5.74) is 2.16. The van der Waals surface area contributed by atoms with Gasteiger partial charge in [0.05, 0.1) is 5.92 Å². The average molecular weight is 291 g/mol. The average Bonchev–Trinajstić information content (AvgIpc) is 2.44. The van der Waals surface area contributed by atoms with Crippen LogP contribution in [0.2, 0.25) is 0 Å². The Balaban J connectivity index is 2.80. The number of carboxylic acids is 1. The molecule has 21 heavy (non-hydrogen) atoms. The molecule has 0 spiro atoms. The Hall–Kier alpha value is -1.84. The highest BCUT2D eigenvalue weighted by Crippen LogP contribution is 2.20. The SMILES string of the molecule is CC(C)Cc1ccc([C@H](C)C(=O)N(C)C(C)C(=O)O)cc1. The van der Waals surface area contributed by atoms with E-state index in [9.17, 15) is 9.59 Å². The fourth-order valence-corrected chi connectivity index (χ4v) is 2.22. The van der Waals surface area contributed by atoms with Crippen LogP contribution in [0.1, 0.15) is 44.7 Å². The lowest BCUT2D eigenvalue weighted by molar-refractivity contribution is -0.148. The quantitative estimate of drug-likeness (QED) is 0.876. The molecular weight excluding hydrogens is 266 g/mol. The van der Waals surface area contributed by atoms with Crippen molar-refractivity contribution in [3.63, 3.8) is 0 Å². The first-order chi connectivity index (χ1) is 9.73. The monoisotopic (exact) mass is 291 g/mol. The van der Waals surface area contributed by atoms with Crippen molar-refractivity contribution in [2.75, 3.05) is 7.05 Å². The van der Waals surface area contributed by atoms with Gasteiger partial charge in [-0.2, -0.15) is 0 Å². The van der Waals surface area contributed by atoms with Crippen molar-refractivity contribution in [2.24, 2.45) is 5.92 Å². The van der Waals surface area contributed by atoms with E-state index in [-0.39, 0.29) is 11.8 Å². The normalized spacial score (nSPS) is 13.8. The van der Waals surface area contributed by atoms with Crippen LogP contribution in [0.5, 0.6) is 0 Å². The number of carbonyl (C=O) groups excluding carboxylic acids is 1. The Morgan fingerprint density at radius 2 is 1.62 bits per heavy atom. The largest absolute Gasteiger partial charge is 0.480 e. The molecule has 1 aromatic rings. The van der Waals surface area contributed by atoms with E-state index in [1.165, 1.54) is 24.4 Å². The van der Waals surface area contributed by atoms with Crippen molar-refractivity contribution in [1.82, 2.24) is 4.90 Å². The van der Waals surface area contributed by atoms with Gasteiger partial charge in [0.2, 0.25) is 5.91 Å². The minimum Gasteiger partial charge on any atom is -0.480 e. The summed E-state index contributed by atoms with van der Waals surface area (Å²) in [5, 5.41) is 8.98. The second-order valence-electron chi connectivity index (χ2n) is 6.02. The molecule has 1 N–H and O–H groups in total. The molecule has 4 heteroatoms. The van der Waals surface area contributed by atoms with E-state index in [0.717, 1.165) is 12.0 Å². The van der Waals surface area contributed by atoms with Crippen molar-refractivity contribution < 1.29 is 14.7 Å². The molecule has 0 aliphatic carbocycles. The van der Waals surface area contributed by atoms with Crippen molar-refractivity contribution in [2.45, 2.75) is 46.1 Å². The van der Waals surface area contributed by atoms with Crippen LogP contribution in [0.4, 0.5) is 0 Å². The Morgan fingerprint density at radius 3 is 2.05 bits per heavy atom. The van der Waals surface area contributed by atoms with E-state index < -0.39 is 12.0 Å². The molecule has 1 aromatic carbocycles. The van der Waals surface area contributed by atoms with E-state index in [4.69, 9.17) is 5.11 Å². The summed E-state index contributed by atoms with van der Waals surface area (Å²) in [6, 6.07) is 7.18. The lowest BCUT2D eigenvalue weighted by atomic mass is 9.95. The van der Waals surface area contributed by atoms with Gasteiger partial charge in [0.15, 0.2) is 0 Å². The molecular formula is C17H25NO3. The zero-order chi connectivity index (χ0) is 16.2. The van der Waals surface area contributed by atoms with Crippen molar-refractivity contribution in [1.29, 1.82) is 0 Å². The van der Waals surface area contributed by atoms with Gasteiger partial charge in [0, 0.05) is 7.05 Å². The van der Waals surface area contributed by atoms with E-state index >= 15 is 0 Å². The number of likely N-dealkylation sites (N-methyl/N-ethyl adjacent to an activating group) is 1. The van der Waals surface area contributed by atoms with Crippen molar-refractivity contribution in [3.8, 4) is 0 Å². The fraction of sp³-hybridized carbons (Fsp3) is 0.529. The number of hydrogen-bond donors (Lipinski definition) is 1. The Kier molecular flexibility index (Phi) is 5.94. The van der Waals surface area contributed by atoms with E-state index in [2.05, 4.69) is 13.8 Å². The third kappa shape index (κ3) is 4.59. The highest BCUT2D eigenvalue weighted by Gasteiger charge is 2.26. The lowest BCUT2D eigenvalue weighted by Crippen LogP contribution is -2.42. The predicted molar refractivity (Wildman–Crippen MR) is 83.3 cm³/mol. The van der Waals surface area contributed by atoms with Gasteiger partial charge in [-0.3, -0.25) is 4.79 Å². The zero-order valence-electron chi connectivity index (χ0n) is 13.5. The molecule has 0 aliphatic rings. The number of hydrogen-bond acceptors (Lipinski definition) is 2. The summed E-state index contributed by atoms with van der Waals surface area (Å²) >= 11 is 0. The second-order valence-corrected chi connectivity index (χ2v) is 6.02. The first-order valence-corrected chi connectivity index (χ1v) is 7.32. The topological polar surface area (TPSA) is 57.6 Å². The molecule has 116 valence electrons. The smallest absolute Gasteiger partial charge is 0.326 e. The first-order valence-electron chi connectivity index (χ1n) is 7.32. The van der Waals surface area contributed by atoms with Crippen molar-refractivity contribution in [3.05, 3.63) is 35.4 Å². The van der Waals surface area contributed by atoms with Crippen LogP contribution in [-0.4, -0.2) is 35.0 Å². The molecule has 1 rings (SSSR count). The Morgan fingerprint density at radius 1 is 1.10 bits per heavy atom. The number of rotatable bonds is 6. The molecule has 1 unspecified atom stereocenters. The van der Waals surface area contributed by atoms with Gasteiger partial charge in [-0.15, -0.1) is 0 Å². The Bertz CT molecular complexity index is 493. The van der Waals surface area contributed by atoms with Gasteiger partial charge < -0.3 is 10.0 Å². The summed E-state index contributed by atoms with van der Waals surface area (Å²) in [4.78, 5) is 24.6. The minimum atomic E-state index is -0.995. The third-order valence-electron chi connectivity index (χ3n) is 3.78. The highest BCUT2D eigenvalue weighted by molar-refractivity contribution is 5.87. The highest BCUT2D eigenvalue weighted by atomic mass is 16.4. The third-order valence-corrected chi connectivity index (χ3v) is 3.78. The van der Waals surface area contributed by atoms with Crippen LogP contribution in [0.25, 0.3) is 0 Å². The van der Waals surface area contributed by atoms with E-state index in [1.807, 2.05) is 31.2 Å². The van der Waals surface area contributed by atoms with Gasteiger partial charge in [-0.1, -0.05) is 38.1 Å². The standard InChI is InChI=1S/C17H25NO3/c1-11(2)10-14-6-8-15(9-7-14)12(3)16(19)18(5)13(4)17(20)21/h6-9,11-13H,10H2,1-5H3,(H,20,21)/t12-,13?/m0/s1. The summed E-state index contributed by atoms with van der Waals surface area (Å²) in [5.74, 6) is -0.922. The lowest BCUT2D eigenvalue weighted by Gasteiger charge is -2.25. The van der Waals surface area contributed by atoms with Gasteiger partial charge >= 0.3 is 5.97 Å². The number of nitrogens with zero attached hydrogens (tertiary/aromatic N) is 1. The number of carboxylic acid groups (broad SMARTS) is 1. The molecule has 0 fully saturated rings. The molecule has 0 aromatic heterocycles. The molecule has 0 saturated carbocycles. The van der Waals surface area contributed by atoms with Crippen molar-refractivity contribution >= 4 is 11.9 Å². The van der Waals surface area contributed by atoms with Crippen LogP contribution in [0.15, 0.2) is 24.3 Å². The van der Waals surface area contributed by atoms with Gasteiger partial charge in [0.1, 0.15) is 6.04 Å². The summed E-state index contributed by atoms with van der Waals surface area (Å²) in [7, 11) is 1.53. The van der Waals surface area contributed by atoms with Gasteiger partial charge in [0.25, 0.3) is 0 Å². The molecule has 0 heterocycles. The van der Waals surface area contributed by atoms with Crippen LogP contribution in [0.3, 0.4) is 0 Å². The fourth-order valence-electron chi connectivity index (χ4n) is 2.22. The van der Waals surface area contributed by atoms with E-state index in [0.29, 0.717) is 5.92 Å². The van der Waals surface area contributed by atoms with Gasteiger partial charge in [-0.05, 0) is 37.3 Å². The molecule has 2 atom stereocenters. The second kappa shape index (κ2) is 7.25. The maximum Gasteiger partial charge on any atom is 0.326 e. The first kappa shape index (κ1) is 17.2. The van der Waals surface area contributed by atoms with Crippen LogP contribution >= 0.6 is 0 Å². The van der Waals surface area contributed by atoms with Crippen LogP contribution in [-0.2, 0) is 16.0 Å². The van der Waals surface area contributed by atoms with Gasteiger partial charge in [-0.25, -0.2) is 4.79 Å². The maximum atomic E-state index is 12.3. The minimum absolute atomic E-state index is 0.179.